The summed E-state index contributed by atoms with van der Waals surface area (Å²) in [5, 5.41) is 0.586. The summed E-state index contributed by atoms with van der Waals surface area (Å²) in [4.78, 5) is 28.2. The number of amides is 2. The molecule has 0 spiro atoms. The zero-order chi connectivity index (χ0) is 24.8. The molecule has 5 nitrogen and oxygen atoms in total. The molecule has 2 aromatic carbocycles. The van der Waals surface area contributed by atoms with Crippen LogP contribution in [0.4, 0.5) is 17.6 Å². The third-order valence-corrected chi connectivity index (χ3v) is 7.14. The Balaban J connectivity index is 1.50. The summed E-state index contributed by atoms with van der Waals surface area (Å²) < 4.78 is 53.6. The van der Waals surface area contributed by atoms with Crippen LogP contribution in [0.15, 0.2) is 36.4 Å². The van der Waals surface area contributed by atoms with Crippen molar-refractivity contribution in [1.29, 1.82) is 0 Å². The summed E-state index contributed by atoms with van der Waals surface area (Å²) in [6.07, 6.45) is -4.73. The van der Waals surface area contributed by atoms with Gasteiger partial charge in [-0.15, -0.1) is 0 Å². The Morgan fingerprint density at radius 3 is 2.29 bits per heavy atom. The molecule has 3 unspecified atom stereocenters. The number of hydrogen-bond donors (Lipinski definition) is 1. The van der Waals surface area contributed by atoms with E-state index < -0.39 is 34.9 Å². The minimum Gasteiger partial charge on any atom is -0.370 e. The SMILES string of the molecule is Cc1ccc(C(CC(N)=O)N2CC3CN(C(=O)c4ccc(F)cc4C(F)(F)F)CC3C2)cc1Cl. The number of aryl methyl sites for hydroxylation is 1. The first-order chi connectivity index (χ1) is 15.9. The van der Waals surface area contributed by atoms with Gasteiger partial charge in [-0.1, -0.05) is 23.7 Å². The van der Waals surface area contributed by atoms with Gasteiger partial charge >= 0.3 is 6.18 Å². The number of nitrogens with zero attached hydrogens (tertiary/aromatic N) is 2. The average molecular weight is 498 g/mol. The Hall–Kier alpha value is -2.65. The predicted octanol–water partition coefficient (Wildman–Crippen LogP) is 4.43. The summed E-state index contributed by atoms with van der Waals surface area (Å²) in [6.45, 7) is 3.58. The molecule has 0 aromatic heterocycles. The van der Waals surface area contributed by atoms with E-state index in [1.165, 1.54) is 4.90 Å². The Kier molecular flexibility index (Phi) is 6.61. The molecule has 182 valence electrons. The normalized spacial score (nSPS) is 21.5. The fourth-order valence-electron chi connectivity index (χ4n) is 5.02. The van der Waals surface area contributed by atoms with Crippen molar-refractivity contribution in [1.82, 2.24) is 9.80 Å². The number of fused-ring (bicyclic) bond motifs is 1. The number of hydrogen-bond acceptors (Lipinski definition) is 3. The van der Waals surface area contributed by atoms with Crippen LogP contribution in [0.5, 0.6) is 0 Å². The molecule has 2 fully saturated rings. The van der Waals surface area contributed by atoms with Crippen molar-refractivity contribution in [3.8, 4) is 0 Å². The lowest BCUT2D eigenvalue weighted by Gasteiger charge is -2.30. The first-order valence-corrected chi connectivity index (χ1v) is 11.3. The van der Waals surface area contributed by atoms with E-state index in [2.05, 4.69) is 4.90 Å². The Morgan fingerprint density at radius 1 is 1.09 bits per heavy atom. The molecular weight excluding hydrogens is 474 g/mol. The highest BCUT2D eigenvalue weighted by molar-refractivity contribution is 6.31. The quantitative estimate of drug-likeness (QED) is 0.622. The number of carbonyl (C=O) groups is 2. The van der Waals surface area contributed by atoms with Crippen LogP contribution in [0, 0.1) is 24.6 Å². The lowest BCUT2D eigenvalue weighted by Crippen LogP contribution is -2.36. The molecule has 0 radical (unpaired) electrons. The van der Waals surface area contributed by atoms with E-state index in [1.54, 1.807) is 0 Å². The second-order valence-electron chi connectivity index (χ2n) is 9.07. The monoisotopic (exact) mass is 497 g/mol. The molecule has 10 heteroatoms. The van der Waals surface area contributed by atoms with Gasteiger partial charge in [0.05, 0.1) is 11.1 Å². The van der Waals surface area contributed by atoms with E-state index in [1.807, 2.05) is 25.1 Å². The Bertz CT molecular complexity index is 1110. The maximum atomic E-state index is 13.4. The van der Waals surface area contributed by atoms with Gasteiger partial charge in [0.1, 0.15) is 5.82 Å². The Labute approximate surface area is 199 Å². The fraction of sp³-hybridized carbons (Fsp3) is 0.417. The van der Waals surface area contributed by atoms with E-state index in [9.17, 15) is 27.2 Å². The van der Waals surface area contributed by atoms with Crippen LogP contribution in [-0.4, -0.2) is 47.8 Å². The molecule has 34 heavy (non-hydrogen) atoms. The first-order valence-electron chi connectivity index (χ1n) is 10.9. The van der Waals surface area contributed by atoms with Gasteiger partial charge in [0.2, 0.25) is 5.91 Å². The topological polar surface area (TPSA) is 66.6 Å². The van der Waals surface area contributed by atoms with E-state index >= 15 is 0 Å². The highest BCUT2D eigenvalue weighted by Crippen LogP contribution is 2.39. The van der Waals surface area contributed by atoms with E-state index in [0.29, 0.717) is 24.2 Å². The third kappa shape index (κ3) is 4.90. The molecule has 2 aliphatic rings. The molecule has 2 aromatic rings. The summed E-state index contributed by atoms with van der Waals surface area (Å²) in [5.74, 6) is -2.18. The third-order valence-electron chi connectivity index (χ3n) is 6.74. The number of likely N-dealkylation sites (tertiary alicyclic amines) is 2. The number of nitrogens with two attached hydrogens (primary N) is 1. The molecule has 0 aliphatic carbocycles. The van der Waals surface area contributed by atoms with Crippen LogP contribution >= 0.6 is 11.6 Å². The van der Waals surface area contributed by atoms with E-state index in [-0.39, 0.29) is 37.4 Å². The summed E-state index contributed by atoms with van der Waals surface area (Å²) >= 11 is 6.28. The summed E-state index contributed by atoms with van der Waals surface area (Å²) in [7, 11) is 0. The van der Waals surface area contributed by atoms with Crippen molar-refractivity contribution >= 4 is 23.4 Å². The largest absolute Gasteiger partial charge is 0.417 e. The van der Waals surface area contributed by atoms with Crippen LogP contribution in [0.25, 0.3) is 0 Å². The van der Waals surface area contributed by atoms with Gasteiger partial charge in [0.15, 0.2) is 0 Å². The maximum absolute atomic E-state index is 13.4. The molecule has 2 saturated heterocycles. The fourth-order valence-corrected chi connectivity index (χ4v) is 5.21. The molecule has 2 heterocycles. The van der Waals surface area contributed by atoms with Gasteiger partial charge in [-0.05, 0) is 54.2 Å². The van der Waals surface area contributed by atoms with Gasteiger partial charge < -0.3 is 10.6 Å². The minimum atomic E-state index is -4.84. The van der Waals surface area contributed by atoms with E-state index in [0.717, 1.165) is 23.3 Å². The number of primary amides is 1. The van der Waals surface area contributed by atoms with Crippen LogP contribution in [0.2, 0.25) is 5.02 Å². The minimum absolute atomic E-state index is 0.0371. The molecular formula is C24H24ClF4N3O2. The van der Waals surface area contributed by atoms with Gasteiger partial charge in [-0.25, -0.2) is 4.39 Å². The van der Waals surface area contributed by atoms with Crippen molar-refractivity contribution < 1.29 is 27.2 Å². The van der Waals surface area contributed by atoms with Crippen molar-refractivity contribution in [2.75, 3.05) is 26.2 Å². The van der Waals surface area contributed by atoms with Gasteiger partial charge in [0.25, 0.3) is 5.91 Å². The van der Waals surface area contributed by atoms with Crippen LogP contribution in [0.1, 0.15) is 39.5 Å². The molecule has 2 N–H and O–H groups in total. The molecule has 0 bridgehead atoms. The van der Waals surface area contributed by atoms with Gasteiger partial charge in [0, 0.05) is 43.7 Å². The zero-order valence-corrected chi connectivity index (χ0v) is 19.2. The van der Waals surface area contributed by atoms with Crippen molar-refractivity contribution in [3.05, 3.63) is 69.5 Å². The van der Waals surface area contributed by atoms with Crippen LogP contribution in [0.3, 0.4) is 0 Å². The summed E-state index contributed by atoms with van der Waals surface area (Å²) in [5.41, 5.74) is 5.46. The molecule has 3 atom stereocenters. The zero-order valence-electron chi connectivity index (χ0n) is 18.4. The second kappa shape index (κ2) is 9.19. The number of halogens is 5. The van der Waals surface area contributed by atoms with Crippen molar-refractivity contribution in [2.45, 2.75) is 25.6 Å². The maximum Gasteiger partial charge on any atom is 0.417 e. The lowest BCUT2D eigenvalue weighted by molar-refractivity contribution is -0.138. The number of carbonyl (C=O) groups excluding carboxylic acids is 2. The summed E-state index contributed by atoms with van der Waals surface area (Å²) in [6, 6.07) is 7.44. The number of alkyl halides is 3. The lowest BCUT2D eigenvalue weighted by atomic mass is 10.0. The Morgan fingerprint density at radius 2 is 1.74 bits per heavy atom. The van der Waals surface area contributed by atoms with Crippen molar-refractivity contribution in [2.24, 2.45) is 17.6 Å². The average Bonchev–Trinajstić information content (AvgIpc) is 3.32. The van der Waals surface area contributed by atoms with Gasteiger partial charge in [-0.3, -0.25) is 14.5 Å². The molecule has 2 aliphatic heterocycles. The first kappa shape index (κ1) is 24.5. The van der Waals surface area contributed by atoms with Gasteiger partial charge in [-0.2, -0.15) is 13.2 Å². The van der Waals surface area contributed by atoms with Crippen molar-refractivity contribution in [3.63, 3.8) is 0 Å². The highest BCUT2D eigenvalue weighted by atomic mass is 35.5. The molecule has 4 rings (SSSR count). The second-order valence-corrected chi connectivity index (χ2v) is 9.47. The smallest absolute Gasteiger partial charge is 0.370 e. The molecule has 2 amide bonds. The molecule has 0 saturated carbocycles. The predicted molar refractivity (Wildman–Crippen MR) is 119 cm³/mol. The van der Waals surface area contributed by atoms with Crippen LogP contribution < -0.4 is 5.73 Å². The number of rotatable bonds is 5. The number of benzene rings is 2. The standard InChI is InChI=1S/C24H24ClF4N3O2/c1-13-2-3-14(6-20(13)25)21(8-22(30)33)31-9-15-11-32(12-16(15)10-31)23(34)18-5-4-17(26)7-19(18)24(27,28)29/h2-7,15-16,21H,8-12H2,1H3,(H2,30,33). The van der Waals surface area contributed by atoms with E-state index in [4.69, 9.17) is 17.3 Å². The highest BCUT2D eigenvalue weighted by Gasteiger charge is 2.45. The van der Waals surface area contributed by atoms with Crippen LogP contribution in [-0.2, 0) is 11.0 Å².